The molecule has 0 spiro atoms. The van der Waals surface area contributed by atoms with Crippen molar-refractivity contribution in [2.75, 3.05) is 0 Å². The average molecular weight is 262 g/mol. The van der Waals surface area contributed by atoms with E-state index in [9.17, 15) is 4.79 Å². The Labute approximate surface area is 114 Å². The minimum atomic E-state index is -0.318. The van der Waals surface area contributed by atoms with E-state index in [4.69, 9.17) is 10.5 Å². The van der Waals surface area contributed by atoms with Gasteiger partial charge in [-0.05, 0) is 30.5 Å². The van der Waals surface area contributed by atoms with Gasteiger partial charge in [0, 0.05) is 12.1 Å². The first-order valence-electron chi connectivity index (χ1n) is 6.83. The molecule has 3 N–H and O–H groups in total. The average Bonchev–Trinajstić information content (AvgIpc) is 2.25. The summed E-state index contributed by atoms with van der Waals surface area (Å²) in [5.74, 6) is 0.508. The molecule has 19 heavy (non-hydrogen) atoms. The van der Waals surface area contributed by atoms with Gasteiger partial charge in [0.25, 0.3) is 0 Å². The lowest BCUT2D eigenvalue weighted by atomic mass is 9.88. The van der Waals surface area contributed by atoms with E-state index in [1.165, 1.54) is 0 Å². The predicted molar refractivity (Wildman–Crippen MR) is 75.1 cm³/mol. The third kappa shape index (κ3) is 4.24. The van der Waals surface area contributed by atoms with Crippen LogP contribution in [0, 0.1) is 0 Å². The molecule has 0 aliphatic heterocycles. The SMILES string of the molecule is CC(C)N[C@H]1C[C@H](Oc2cccc(CC(N)=O)c2)C1. The number of carbonyl (C=O) groups is 1. The van der Waals surface area contributed by atoms with Crippen LogP contribution in [0.25, 0.3) is 0 Å². The molecule has 1 saturated carbocycles. The van der Waals surface area contributed by atoms with E-state index in [1.807, 2.05) is 24.3 Å². The molecule has 1 fully saturated rings. The van der Waals surface area contributed by atoms with Crippen LogP contribution in [0.1, 0.15) is 32.3 Å². The maximum Gasteiger partial charge on any atom is 0.221 e. The van der Waals surface area contributed by atoms with Crippen LogP contribution in [0.15, 0.2) is 24.3 Å². The van der Waals surface area contributed by atoms with Crippen molar-refractivity contribution in [3.8, 4) is 5.75 Å². The highest BCUT2D eigenvalue weighted by molar-refractivity contribution is 5.76. The monoisotopic (exact) mass is 262 g/mol. The molecule has 1 amide bonds. The predicted octanol–water partition coefficient (Wildman–Crippen LogP) is 1.62. The summed E-state index contributed by atoms with van der Waals surface area (Å²) in [7, 11) is 0. The zero-order chi connectivity index (χ0) is 13.8. The van der Waals surface area contributed by atoms with Gasteiger partial charge < -0.3 is 15.8 Å². The number of nitrogens with two attached hydrogens (primary N) is 1. The van der Waals surface area contributed by atoms with E-state index in [2.05, 4.69) is 19.2 Å². The molecule has 0 atom stereocenters. The summed E-state index contributed by atoms with van der Waals surface area (Å²) in [6, 6.07) is 8.70. The van der Waals surface area contributed by atoms with Crippen molar-refractivity contribution >= 4 is 5.91 Å². The van der Waals surface area contributed by atoms with Crippen molar-refractivity contribution in [1.29, 1.82) is 0 Å². The van der Waals surface area contributed by atoms with Gasteiger partial charge in [0.05, 0.1) is 6.42 Å². The van der Waals surface area contributed by atoms with Gasteiger partial charge in [-0.15, -0.1) is 0 Å². The molecule has 1 aromatic rings. The number of benzene rings is 1. The van der Waals surface area contributed by atoms with Gasteiger partial charge in [-0.25, -0.2) is 0 Å². The summed E-state index contributed by atoms with van der Waals surface area (Å²) in [6.45, 7) is 4.31. The molecule has 0 bridgehead atoms. The molecule has 0 saturated heterocycles. The highest BCUT2D eigenvalue weighted by Gasteiger charge is 2.30. The summed E-state index contributed by atoms with van der Waals surface area (Å²) < 4.78 is 5.89. The maximum absolute atomic E-state index is 10.9. The lowest BCUT2D eigenvalue weighted by molar-refractivity contribution is -0.117. The van der Waals surface area contributed by atoms with Crippen molar-refractivity contribution in [2.24, 2.45) is 5.73 Å². The van der Waals surface area contributed by atoms with Crippen LogP contribution in [0.5, 0.6) is 5.75 Å². The van der Waals surface area contributed by atoms with Crippen LogP contribution in [0.4, 0.5) is 0 Å². The van der Waals surface area contributed by atoms with Gasteiger partial charge in [-0.2, -0.15) is 0 Å². The minimum Gasteiger partial charge on any atom is -0.490 e. The van der Waals surface area contributed by atoms with E-state index < -0.39 is 0 Å². The van der Waals surface area contributed by atoms with Crippen molar-refractivity contribution < 1.29 is 9.53 Å². The second-order valence-corrected chi connectivity index (χ2v) is 5.52. The van der Waals surface area contributed by atoms with Crippen molar-refractivity contribution in [3.63, 3.8) is 0 Å². The maximum atomic E-state index is 10.9. The number of primary amides is 1. The Hall–Kier alpha value is -1.55. The lowest BCUT2D eigenvalue weighted by Crippen LogP contribution is -2.49. The van der Waals surface area contributed by atoms with E-state index in [0.29, 0.717) is 12.1 Å². The van der Waals surface area contributed by atoms with Crippen LogP contribution < -0.4 is 15.8 Å². The molecule has 104 valence electrons. The summed E-state index contributed by atoms with van der Waals surface area (Å²) in [5.41, 5.74) is 6.09. The minimum absolute atomic E-state index is 0.263. The molecule has 4 nitrogen and oxygen atoms in total. The van der Waals surface area contributed by atoms with Crippen molar-refractivity contribution in [2.45, 2.75) is 51.3 Å². The van der Waals surface area contributed by atoms with Crippen LogP contribution in [0.3, 0.4) is 0 Å². The molecule has 1 aromatic carbocycles. The second-order valence-electron chi connectivity index (χ2n) is 5.52. The Morgan fingerprint density at radius 2 is 2.21 bits per heavy atom. The van der Waals surface area contributed by atoms with Crippen molar-refractivity contribution in [3.05, 3.63) is 29.8 Å². The van der Waals surface area contributed by atoms with E-state index >= 15 is 0 Å². The highest BCUT2D eigenvalue weighted by atomic mass is 16.5. The molecule has 0 radical (unpaired) electrons. The Bertz CT molecular complexity index is 440. The summed E-state index contributed by atoms with van der Waals surface area (Å²) in [4.78, 5) is 10.9. The fraction of sp³-hybridized carbons (Fsp3) is 0.533. The molecule has 0 heterocycles. The standard InChI is InChI=1S/C15H22N2O2/c1-10(2)17-12-8-14(9-12)19-13-5-3-4-11(6-13)7-15(16)18/h3-6,10,12,14,17H,7-9H2,1-2H3,(H2,16,18)/t12-,14-. The second kappa shape index (κ2) is 6.06. The normalized spacial score (nSPS) is 22.1. The number of amides is 1. The van der Waals surface area contributed by atoms with Crippen LogP contribution in [0.2, 0.25) is 0 Å². The molecular weight excluding hydrogens is 240 g/mol. The van der Waals surface area contributed by atoms with Crippen molar-refractivity contribution in [1.82, 2.24) is 5.32 Å². The third-order valence-electron chi connectivity index (χ3n) is 3.24. The van der Waals surface area contributed by atoms with Crippen LogP contribution in [-0.2, 0) is 11.2 Å². The Morgan fingerprint density at radius 3 is 2.84 bits per heavy atom. The van der Waals surface area contributed by atoms with Gasteiger partial charge in [0.2, 0.25) is 5.91 Å². The molecular formula is C15H22N2O2. The fourth-order valence-corrected chi connectivity index (χ4v) is 2.39. The largest absolute Gasteiger partial charge is 0.490 e. The molecule has 0 unspecified atom stereocenters. The lowest BCUT2D eigenvalue weighted by Gasteiger charge is -2.37. The Kier molecular flexibility index (Phi) is 4.43. The van der Waals surface area contributed by atoms with Gasteiger partial charge in [-0.3, -0.25) is 4.79 Å². The molecule has 1 aliphatic carbocycles. The van der Waals surface area contributed by atoms with Gasteiger partial charge >= 0.3 is 0 Å². The first-order chi connectivity index (χ1) is 9.02. The van der Waals surface area contributed by atoms with Crippen LogP contribution >= 0.6 is 0 Å². The Balaban J connectivity index is 1.82. The first kappa shape index (κ1) is 13.9. The van der Waals surface area contributed by atoms with Gasteiger partial charge in [-0.1, -0.05) is 26.0 Å². The molecule has 4 heteroatoms. The summed E-state index contributed by atoms with van der Waals surface area (Å²) in [5, 5.41) is 3.49. The number of rotatable bonds is 6. The van der Waals surface area contributed by atoms with E-state index in [-0.39, 0.29) is 18.4 Å². The molecule has 2 rings (SSSR count). The van der Waals surface area contributed by atoms with E-state index in [1.54, 1.807) is 0 Å². The third-order valence-corrected chi connectivity index (χ3v) is 3.24. The number of hydrogen-bond acceptors (Lipinski definition) is 3. The van der Waals surface area contributed by atoms with Gasteiger partial charge in [0.1, 0.15) is 11.9 Å². The highest BCUT2D eigenvalue weighted by Crippen LogP contribution is 2.26. The summed E-state index contributed by atoms with van der Waals surface area (Å²) >= 11 is 0. The number of carbonyl (C=O) groups excluding carboxylic acids is 1. The number of nitrogens with one attached hydrogen (secondary N) is 1. The summed E-state index contributed by atoms with van der Waals surface area (Å²) in [6.07, 6.45) is 2.62. The van der Waals surface area contributed by atoms with Crippen LogP contribution in [-0.4, -0.2) is 24.1 Å². The fourth-order valence-electron chi connectivity index (χ4n) is 2.39. The number of ether oxygens (including phenoxy) is 1. The zero-order valence-corrected chi connectivity index (χ0v) is 11.6. The first-order valence-corrected chi connectivity index (χ1v) is 6.83. The topological polar surface area (TPSA) is 64.3 Å². The molecule has 0 aromatic heterocycles. The zero-order valence-electron chi connectivity index (χ0n) is 11.6. The van der Waals surface area contributed by atoms with E-state index in [0.717, 1.165) is 24.2 Å². The van der Waals surface area contributed by atoms with Gasteiger partial charge in [0.15, 0.2) is 0 Å². The Morgan fingerprint density at radius 1 is 1.47 bits per heavy atom. The quantitative estimate of drug-likeness (QED) is 0.819. The smallest absolute Gasteiger partial charge is 0.221 e. The number of hydrogen-bond donors (Lipinski definition) is 2. The molecule has 1 aliphatic rings.